The highest BCUT2D eigenvalue weighted by Gasteiger charge is 2.27. The van der Waals surface area contributed by atoms with Crippen LogP contribution < -0.4 is 0 Å². The normalized spacial score (nSPS) is 19.0. The zero-order valence-corrected chi connectivity index (χ0v) is 18.4. The van der Waals surface area contributed by atoms with E-state index in [1.165, 1.54) is 46.0 Å². The van der Waals surface area contributed by atoms with Crippen LogP contribution in [0.1, 0.15) is 94.4 Å². The van der Waals surface area contributed by atoms with Crippen molar-refractivity contribution in [1.29, 1.82) is 0 Å². The lowest BCUT2D eigenvalue weighted by Gasteiger charge is -2.41. The van der Waals surface area contributed by atoms with Crippen LogP contribution >= 0.6 is 10.3 Å². The van der Waals surface area contributed by atoms with E-state index in [2.05, 4.69) is 27.7 Å². The smallest absolute Gasteiger partial charge is 0.156 e. The van der Waals surface area contributed by atoms with Crippen molar-refractivity contribution in [2.24, 2.45) is 5.92 Å². The molecule has 0 amide bonds. The van der Waals surface area contributed by atoms with Crippen LogP contribution in [0.15, 0.2) is 0 Å². The average molecular weight is 355 g/mol. The first-order valence-corrected chi connectivity index (χ1v) is 11.3. The highest BCUT2D eigenvalue weighted by atomic mass is 32.3. The van der Waals surface area contributed by atoms with Crippen LogP contribution in [0.25, 0.3) is 0 Å². The number of rotatable bonds is 2. The number of hydrogen-bond donors (Lipinski definition) is 3. The van der Waals surface area contributed by atoms with Gasteiger partial charge in [-0.15, -0.1) is 10.3 Å². The Balaban J connectivity index is -0.000000256. The Morgan fingerprint density at radius 3 is 1.30 bits per heavy atom. The predicted molar refractivity (Wildman–Crippen MR) is 109 cm³/mol. The molecule has 1 unspecified atom stereocenters. The standard InChI is InChI=1S/C7H18OS.C7H14.C3H8O2.C2H6/c1-6-9(5,8)7(2,3)4;1-2-7-5-3-4-6-7;1-3(2,4)5;1-2/h8H,6H2,1-5H3;7H,2-6H2,1H3;4-5H,1-2H3;1-2H3. The maximum absolute atomic E-state index is 9.74. The molecule has 4 heteroatoms. The van der Waals surface area contributed by atoms with E-state index < -0.39 is 16.1 Å². The van der Waals surface area contributed by atoms with Crippen molar-refractivity contribution in [3.8, 4) is 0 Å². The van der Waals surface area contributed by atoms with E-state index in [0.717, 1.165) is 11.7 Å². The van der Waals surface area contributed by atoms with Gasteiger partial charge < -0.3 is 14.8 Å². The van der Waals surface area contributed by atoms with Crippen molar-refractivity contribution in [1.82, 2.24) is 0 Å². The van der Waals surface area contributed by atoms with Gasteiger partial charge >= 0.3 is 0 Å². The topological polar surface area (TPSA) is 60.7 Å². The molecule has 0 radical (unpaired) electrons. The third-order valence-electron chi connectivity index (χ3n) is 3.93. The minimum Gasteiger partial charge on any atom is -0.366 e. The van der Waals surface area contributed by atoms with Gasteiger partial charge in [-0.1, -0.05) is 80.6 Å². The second kappa shape index (κ2) is 13.5. The van der Waals surface area contributed by atoms with Gasteiger partial charge in [0.05, 0.1) is 0 Å². The molecule has 0 aliphatic heterocycles. The minimum atomic E-state index is -1.50. The maximum atomic E-state index is 9.74. The zero-order chi connectivity index (χ0) is 19.3. The molecule has 0 bridgehead atoms. The van der Waals surface area contributed by atoms with Gasteiger partial charge in [0, 0.05) is 4.75 Å². The lowest BCUT2D eigenvalue weighted by atomic mass is 10.1. The second-order valence-electron chi connectivity index (χ2n) is 7.49. The fourth-order valence-corrected chi connectivity index (χ4v) is 2.72. The van der Waals surface area contributed by atoms with Gasteiger partial charge in [-0.3, -0.25) is 0 Å². The van der Waals surface area contributed by atoms with Crippen LogP contribution in [0.3, 0.4) is 0 Å². The van der Waals surface area contributed by atoms with Gasteiger partial charge in [-0.2, -0.15) is 0 Å². The Morgan fingerprint density at radius 2 is 1.22 bits per heavy atom. The summed E-state index contributed by atoms with van der Waals surface area (Å²) in [4.78, 5) is 0. The number of hydrogen-bond acceptors (Lipinski definition) is 3. The molecule has 146 valence electrons. The highest BCUT2D eigenvalue weighted by Crippen LogP contribution is 2.51. The molecule has 0 aromatic heterocycles. The molecule has 0 aromatic carbocycles. The molecule has 1 aliphatic rings. The Kier molecular flexibility index (Phi) is 16.5. The molecule has 1 atom stereocenters. The predicted octanol–water partition coefficient (Wildman–Crippen LogP) is 6.03. The molecule has 1 fully saturated rings. The SMILES string of the molecule is CC.CC(C)(O)O.CCC1CCCC1.CCS(C)(O)C(C)(C)C. The quantitative estimate of drug-likeness (QED) is 0.530. The molecule has 23 heavy (non-hydrogen) atoms. The molecule has 1 rings (SSSR count). The first-order chi connectivity index (χ1) is 10.2. The monoisotopic (exact) mass is 354 g/mol. The summed E-state index contributed by atoms with van der Waals surface area (Å²) >= 11 is 0. The van der Waals surface area contributed by atoms with Gasteiger partial charge in [0.25, 0.3) is 0 Å². The molecule has 1 saturated carbocycles. The van der Waals surface area contributed by atoms with Gasteiger partial charge in [-0.25, -0.2) is 0 Å². The second-order valence-corrected chi connectivity index (χ2v) is 11.4. The van der Waals surface area contributed by atoms with E-state index in [-0.39, 0.29) is 4.75 Å². The van der Waals surface area contributed by atoms with Gasteiger partial charge in [0.1, 0.15) is 0 Å². The molecular formula is C19H46O3S. The van der Waals surface area contributed by atoms with Crippen molar-refractivity contribution in [3.05, 3.63) is 0 Å². The van der Waals surface area contributed by atoms with E-state index in [1.807, 2.05) is 27.0 Å². The molecular weight excluding hydrogens is 308 g/mol. The summed E-state index contributed by atoms with van der Waals surface area (Å²) in [6.45, 7) is 17.2. The number of aliphatic hydroxyl groups is 2. The van der Waals surface area contributed by atoms with Gasteiger partial charge in [0.15, 0.2) is 5.79 Å². The van der Waals surface area contributed by atoms with Crippen molar-refractivity contribution in [3.63, 3.8) is 0 Å². The Morgan fingerprint density at radius 1 is 0.913 bits per heavy atom. The Hall–Kier alpha value is 0.230. The molecule has 0 heterocycles. The molecule has 3 N–H and O–H groups in total. The van der Waals surface area contributed by atoms with E-state index >= 15 is 0 Å². The van der Waals surface area contributed by atoms with E-state index in [1.54, 1.807) is 0 Å². The van der Waals surface area contributed by atoms with E-state index in [0.29, 0.717) is 0 Å². The average Bonchev–Trinajstić information content (AvgIpc) is 2.91. The molecule has 1 aliphatic carbocycles. The van der Waals surface area contributed by atoms with Gasteiger partial charge in [0.2, 0.25) is 0 Å². The first kappa shape index (κ1) is 28.1. The highest BCUT2D eigenvalue weighted by molar-refractivity contribution is 8.29. The van der Waals surface area contributed by atoms with E-state index in [4.69, 9.17) is 10.2 Å². The maximum Gasteiger partial charge on any atom is 0.156 e. The largest absolute Gasteiger partial charge is 0.366 e. The van der Waals surface area contributed by atoms with E-state index in [9.17, 15) is 4.55 Å². The summed E-state index contributed by atoms with van der Waals surface area (Å²) in [5.41, 5.74) is 0. The molecule has 3 nitrogen and oxygen atoms in total. The van der Waals surface area contributed by atoms with Crippen LogP contribution in [-0.2, 0) is 0 Å². The summed E-state index contributed by atoms with van der Waals surface area (Å²) in [5, 5.41) is 16.2. The Labute approximate surface area is 148 Å². The van der Waals surface area contributed by atoms with Crippen LogP contribution in [0.2, 0.25) is 0 Å². The summed E-state index contributed by atoms with van der Waals surface area (Å²) in [6.07, 6.45) is 9.40. The third kappa shape index (κ3) is 20.2. The fourth-order valence-electron chi connectivity index (χ4n) is 1.85. The van der Waals surface area contributed by atoms with Crippen molar-refractivity contribution < 1.29 is 14.8 Å². The van der Waals surface area contributed by atoms with Crippen molar-refractivity contribution in [2.45, 2.75) is 105 Å². The molecule has 0 saturated heterocycles. The lowest BCUT2D eigenvalue weighted by Crippen LogP contribution is -2.24. The third-order valence-corrected chi connectivity index (χ3v) is 7.70. The first-order valence-electron chi connectivity index (χ1n) is 9.17. The summed E-state index contributed by atoms with van der Waals surface area (Å²) < 4.78 is 9.83. The fraction of sp³-hybridized carbons (Fsp3) is 1.00. The summed E-state index contributed by atoms with van der Waals surface area (Å²) in [5.74, 6) is 0.497. The lowest BCUT2D eigenvalue weighted by molar-refractivity contribution is -0.127. The molecule has 0 aromatic rings. The minimum absolute atomic E-state index is 0.0851. The summed E-state index contributed by atoms with van der Waals surface area (Å²) in [6, 6.07) is 0. The summed E-state index contributed by atoms with van der Waals surface area (Å²) in [7, 11) is -1.34. The van der Waals surface area contributed by atoms with Crippen LogP contribution in [-0.4, -0.2) is 37.3 Å². The van der Waals surface area contributed by atoms with Crippen LogP contribution in [0, 0.1) is 5.92 Å². The van der Waals surface area contributed by atoms with Crippen molar-refractivity contribution >= 4 is 10.3 Å². The Bertz CT molecular complexity index is 240. The van der Waals surface area contributed by atoms with Crippen LogP contribution in [0.5, 0.6) is 0 Å². The van der Waals surface area contributed by atoms with Crippen LogP contribution in [0.4, 0.5) is 0 Å². The van der Waals surface area contributed by atoms with Crippen molar-refractivity contribution in [2.75, 3.05) is 12.0 Å². The van der Waals surface area contributed by atoms with Gasteiger partial charge in [-0.05, 0) is 31.8 Å². The zero-order valence-electron chi connectivity index (χ0n) is 17.6. The molecule has 0 spiro atoms.